The highest BCUT2D eigenvalue weighted by molar-refractivity contribution is 5.86. The molecule has 58 heavy (non-hydrogen) atoms. The van der Waals surface area contributed by atoms with Crippen LogP contribution in [0.4, 0.5) is 0 Å². The molecule has 2 bridgehead atoms. The number of hydrogen-bond donors (Lipinski definition) is 3. The number of nitrogens with zero attached hydrogens (tertiary/aromatic N) is 1. The third-order valence-corrected chi connectivity index (χ3v) is 13.2. The van der Waals surface area contributed by atoms with E-state index in [1.807, 2.05) is 67.5 Å². The maximum Gasteiger partial charge on any atom is 0.311 e. The van der Waals surface area contributed by atoms with E-state index in [-0.39, 0.29) is 44.6 Å². The molecular weight excluding hydrogens is 752 g/mol. The Morgan fingerprint density at radius 3 is 2.24 bits per heavy atom. The van der Waals surface area contributed by atoms with Gasteiger partial charge in [0.2, 0.25) is 0 Å². The summed E-state index contributed by atoms with van der Waals surface area (Å²) in [4.78, 5) is 28.6. The highest BCUT2D eigenvalue weighted by atomic mass is 16.7. The lowest BCUT2D eigenvalue weighted by Crippen LogP contribution is -2.62. The highest BCUT2D eigenvalue weighted by Crippen LogP contribution is 2.43. The van der Waals surface area contributed by atoms with E-state index >= 15 is 0 Å². The third kappa shape index (κ3) is 10.5. The van der Waals surface area contributed by atoms with E-state index in [9.17, 15) is 25.2 Å². The van der Waals surface area contributed by atoms with E-state index in [1.54, 1.807) is 20.8 Å². The summed E-state index contributed by atoms with van der Waals surface area (Å²) in [6.45, 7) is 23.9. The van der Waals surface area contributed by atoms with Gasteiger partial charge in [0.05, 0.1) is 55.3 Å². The number of likely N-dealkylation sites (N-methyl/N-ethyl adjacent to an activating group) is 1. The molecule has 15 nitrogen and oxygen atoms in total. The SMILES string of the molecule is C=C1CO[C@@H]2[C@@H](C)C(=N)[C@H](C)C[C@@](C)(OC1)[C@H](O[C@@H]1O[C@H](C)C[C@H](N(C)C)[C@H]1O)[C@@H](C)[C@H](O[C@H]1C[C@@](C)(OC)[C@@H](OC(C)=O)[C@H](C)O1)[C@@H](C)C(=O)O[C@H](CC)[C@@]2(C)O. The van der Waals surface area contributed by atoms with Crippen LogP contribution in [0.1, 0.15) is 102 Å². The molecule has 4 fully saturated rings. The molecule has 0 radical (unpaired) electrons. The first-order valence-electron chi connectivity index (χ1n) is 21.0. The molecule has 0 aliphatic carbocycles. The van der Waals surface area contributed by atoms with E-state index in [0.717, 1.165) is 0 Å². The van der Waals surface area contributed by atoms with E-state index < -0.39 is 108 Å². The van der Waals surface area contributed by atoms with Crippen molar-refractivity contribution in [1.29, 1.82) is 5.41 Å². The lowest BCUT2D eigenvalue weighted by Gasteiger charge is -2.50. The van der Waals surface area contributed by atoms with Gasteiger partial charge in [-0.1, -0.05) is 34.3 Å². The number of rotatable bonds is 8. The molecule has 334 valence electrons. The van der Waals surface area contributed by atoms with Gasteiger partial charge in [-0.25, -0.2) is 0 Å². The number of hydrogen-bond acceptors (Lipinski definition) is 15. The van der Waals surface area contributed by atoms with Gasteiger partial charge in [0.1, 0.15) is 23.4 Å². The molecular formula is C43H74N2O13. The van der Waals surface area contributed by atoms with Gasteiger partial charge in [-0.05, 0) is 86.4 Å². The second-order valence-corrected chi connectivity index (χ2v) is 18.4. The average molecular weight is 827 g/mol. The Kier molecular flexibility index (Phi) is 16.2. The van der Waals surface area contributed by atoms with Crippen LogP contribution in [-0.4, -0.2) is 151 Å². The molecule has 0 spiro atoms. The number of cyclic esters (lactones) is 1. The fourth-order valence-electron chi connectivity index (χ4n) is 9.75. The quantitative estimate of drug-likeness (QED) is 0.231. The van der Waals surface area contributed by atoms with Crippen molar-refractivity contribution in [2.24, 2.45) is 23.7 Å². The number of aliphatic hydroxyl groups excluding tert-OH is 1. The molecule has 0 amide bonds. The van der Waals surface area contributed by atoms with E-state index in [1.165, 1.54) is 14.0 Å². The van der Waals surface area contributed by atoms with Crippen molar-refractivity contribution >= 4 is 17.7 Å². The molecule has 3 N–H and O–H groups in total. The topological polar surface area (TPSA) is 185 Å². The zero-order valence-electron chi connectivity index (χ0n) is 37.4. The van der Waals surface area contributed by atoms with Crippen molar-refractivity contribution in [2.45, 2.75) is 186 Å². The second kappa shape index (κ2) is 19.3. The number of aliphatic hydroxyl groups is 2. The summed E-state index contributed by atoms with van der Waals surface area (Å²) in [5.41, 5.74) is -3.03. The van der Waals surface area contributed by atoms with Crippen LogP contribution in [0.25, 0.3) is 0 Å². The van der Waals surface area contributed by atoms with Crippen molar-refractivity contribution < 1.29 is 62.4 Å². The van der Waals surface area contributed by atoms with Crippen LogP contribution >= 0.6 is 0 Å². The molecule has 18 atom stereocenters. The number of methoxy groups -OCH3 is 1. The number of nitrogens with one attached hydrogen (secondary N) is 1. The van der Waals surface area contributed by atoms with Crippen LogP contribution in [0.2, 0.25) is 0 Å². The van der Waals surface area contributed by atoms with Crippen molar-refractivity contribution in [3.05, 3.63) is 12.2 Å². The summed E-state index contributed by atoms with van der Waals surface area (Å²) in [7, 11) is 5.34. The van der Waals surface area contributed by atoms with E-state index in [2.05, 4.69) is 6.58 Å². The first kappa shape index (κ1) is 48.6. The molecule has 0 aromatic carbocycles. The van der Waals surface area contributed by atoms with Gasteiger partial charge in [-0.2, -0.15) is 0 Å². The average Bonchev–Trinajstić information content (AvgIpc) is 3.15. The van der Waals surface area contributed by atoms with Crippen molar-refractivity contribution in [3.8, 4) is 0 Å². The Morgan fingerprint density at radius 1 is 1.00 bits per heavy atom. The van der Waals surface area contributed by atoms with E-state index in [4.69, 9.17) is 42.6 Å². The van der Waals surface area contributed by atoms with Crippen LogP contribution in [0.15, 0.2) is 12.2 Å². The van der Waals surface area contributed by atoms with Gasteiger partial charge in [0.25, 0.3) is 0 Å². The van der Waals surface area contributed by atoms with Crippen LogP contribution < -0.4 is 0 Å². The molecule has 4 rings (SSSR count). The smallest absolute Gasteiger partial charge is 0.311 e. The fourth-order valence-corrected chi connectivity index (χ4v) is 9.75. The summed E-state index contributed by atoms with van der Waals surface area (Å²) in [6.07, 6.45) is -7.40. The number of fused-ring (bicyclic) bond motifs is 5. The van der Waals surface area contributed by atoms with Crippen LogP contribution in [-0.2, 0) is 52.2 Å². The lowest BCUT2D eigenvalue weighted by atomic mass is 9.73. The molecule has 0 saturated carbocycles. The fraction of sp³-hybridized carbons (Fsp3) is 0.884. The largest absolute Gasteiger partial charge is 0.459 e. The molecule has 4 heterocycles. The number of ether oxygens (including phenoxy) is 9. The molecule has 4 aliphatic heterocycles. The molecule has 0 unspecified atom stereocenters. The molecule has 0 aromatic rings. The maximum absolute atomic E-state index is 14.6. The number of esters is 2. The third-order valence-electron chi connectivity index (χ3n) is 13.2. The van der Waals surface area contributed by atoms with Crippen LogP contribution in [0.3, 0.4) is 0 Å². The predicted octanol–water partition coefficient (Wildman–Crippen LogP) is 4.43. The Labute approximate surface area is 346 Å². The Morgan fingerprint density at radius 2 is 1.66 bits per heavy atom. The van der Waals surface area contributed by atoms with Crippen LogP contribution in [0.5, 0.6) is 0 Å². The van der Waals surface area contributed by atoms with Gasteiger partial charge in [0, 0.05) is 44.0 Å². The van der Waals surface area contributed by atoms with Gasteiger partial charge >= 0.3 is 11.9 Å². The normalized spacial score (nSPS) is 46.4. The Balaban J connectivity index is 1.93. The van der Waals surface area contributed by atoms with Crippen LogP contribution in [0, 0.1) is 29.1 Å². The predicted molar refractivity (Wildman–Crippen MR) is 215 cm³/mol. The van der Waals surface area contributed by atoms with Crippen molar-refractivity contribution in [3.63, 3.8) is 0 Å². The minimum Gasteiger partial charge on any atom is -0.459 e. The first-order valence-corrected chi connectivity index (χ1v) is 21.0. The van der Waals surface area contributed by atoms with Crippen molar-refractivity contribution in [1.82, 2.24) is 4.90 Å². The monoisotopic (exact) mass is 827 g/mol. The number of carbonyl (C=O) groups is 2. The summed E-state index contributed by atoms with van der Waals surface area (Å²) in [6, 6.07) is -0.278. The van der Waals surface area contributed by atoms with E-state index in [0.29, 0.717) is 17.7 Å². The zero-order valence-corrected chi connectivity index (χ0v) is 37.4. The summed E-state index contributed by atoms with van der Waals surface area (Å²) in [5, 5.41) is 33.6. The molecule has 15 heteroatoms. The minimum atomic E-state index is -1.71. The maximum atomic E-state index is 14.6. The lowest BCUT2D eigenvalue weighted by molar-refractivity contribution is -0.320. The minimum absolute atomic E-state index is 0.0206. The van der Waals surface area contributed by atoms with Gasteiger partial charge < -0.3 is 63.2 Å². The van der Waals surface area contributed by atoms with Gasteiger partial charge in [-0.15, -0.1) is 0 Å². The Bertz CT molecular complexity index is 1440. The van der Waals surface area contributed by atoms with Crippen molar-refractivity contribution in [2.75, 3.05) is 34.4 Å². The summed E-state index contributed by atoms with van der Waals surface area (Å²) < 4.78 is 57.9. The first-order chi connectivity index (χ1) is 26.9. The molecule has 0 aromatic heterocycles. The second-order valence-electron chi connectivity index (χ2n) is 18.4. The van der Waals surface area contributed by atoms with Gasteiger partial charge in [0.15, 0.2) is 18.7 Å². The number of carbonyl (C=O) groups excluding carboxylic acids is 2. The highest BCUT2D eigenvalue weighted by Gasteiger charge is 2.55. The van der Waals surface area contributed by atoms with Gasteiger partial charge in [-0.3, -0.25) is 9.59 Å². The summed E-state index contributed by atoms with van der Waals surface area (Å²) >= 11 is 0. The molecule has 4 saturated heterocycles. The molecule has 4 aliphatic rings. The summed E-state index contributed by atoms with van der Waals surface area (Å²) in [5.74, 6) is -3.81. The Hall–Kier alpha value is -2.05. The zero-order chi connectivity index (χ0) is 43.7. The standard InChI is InChI=1S/C43H74N2O13/c1-16-31-43(12,49)37-25(5)33(44)23(3)18-42(11,52-21-22(2)20-51-37)36(58-40-34(47)30(45(13)14)17-24(4)53-40)26(6)35(27(7)39(48)56-31)57-32-19-41(10,50-15)38(28(8)54-32)55-29(9)46/h23-28,30-32,34-38,40,44,47,49H,2,16-21H2,1,3-15H3/t23-,24-,25+,26+,27-,28+,30+,31-,32+,34-,35+,36-,37-,38+,40+,41-,42-,43-/m1/s1.